The van der Waals surface area contributed by atoms with Crippen LogP contribution in [0.15, 0.2) is 0 Å². The van der Waals surface area contributed by atoms with Crippen molar-refractivity contribution in [1.82, 2.24) is 0 Å². The second-order valence-corrected chi connectivity index (χ2v) is 12.4. The van der Waals surface area contributed by atoms with E-state index in [-0.39, 0.29) is 13.2 Å². The molecule has 0 spiro atoms. The van der Waals surface area contributed by atoms with Crippen LogP contribution in [-0.4, -0.2) is 48.2 Å². The Kier molecular flexibility index (Phi) is 27.7. The number of ether oxygens (including phenoxy) is 2. The van der Waals surface area contributed by atoms with Gasteiger partial charge in [0.25, 0.3) is 0 Å². The van der Waals surface area contributed by atoms with Gasteiger partial charge in [-0.3, -0.25) is 4.52 Å². The van der Waals surface area contributed by atoms with Crippen molar-refractivity contribution >= 4 is 13.3 Å². The van der Waals surface area contributed by atoms with Crippen LogP contribution in [0.5, 0.6) is 0 Å². The van der Waals surface area contributed by atoms with Crippen LogP contribution in [0, 0.1) is 0 Å². The first-order chi connectivity index (χ1) is 18.4. The fraction of sp³-hybridized carbons (Fsp3) is 0.967. The van der Waals surface area contributed by atoms with Gasteiger partial charge >= 0.3 is 13.3 Å². The lowest BCUT2D eigenvalue weighted by Crippen LogP contribution is -2.26. The topological polar surface area (TPSA) is 102 Å². The molecule has 2 N–H and O–H groups in total. The molecule has 1 unspecified atom stereocenters. The van der Waals surface area contributed by atoms with E-state index in [4.69, 9.17) is 19.1 Å². The zero-order valence-electron chi connectivity index (χ0n) is 24.8. The summed E-state index contributed by atoms with van der Waals surface area (Å²) in [5.74, 6) is 0. The quantitative estimate of drug-likeness (QED) is 0.0638. The molecular weight excluding hydrogens is 503 g/mol. The molecule has 0 rings (SSSR count). The van der Waals surface area contributed by atoms with Gasteiger partial charge in [0.15, 0.2) is 0 Å². The minimum Gasteiger partial charge on any atom is -0.472 e. The van der Waals surface area contributed by atoms with Gasteiger partial charge in [0, 0.05) is 13.2 Å². The van der Waals surface area contributed by atoms with Crippen molar-refractivity contribution in [1.29, 1.82) is 0 Å². The van der Waals surface area contributed by atoms with E-state index >= 15 is 0 Å². The first-order valence-electron chi connectivity index (χ1n) is 15.8. The number of carboxylic acid groups (broad SMARTS) is 1. The predicted molar refractivity (Wildman–Crippen MR) is 157 cm³/mol. The third-order valence-electron chi connectivity index (χ3n) is 6.97. The standard InChI is InChI=1S/C30H61O7P/c1-3-5-7-9-11-12-13-14-15-16-17-18-19-20-21-23-25-35-27-29(28-37-38(33,34)30(31)32)36-26-24-22-10-8-6-4-2/h29H,3-28H2,1-2H3,(H,31,32)(H,33,34)/t29-/m0/s1. The molecular formula is C30H61O7P. The first-order valence-corrected chi connectivity index (χ1v) is 17.4. The molecule has 7 nitrogen and oxygen atoms in total. The molecule has 0 saturated heterocycles. The summed E-state index contributed by atoms with van der Waals surface area (Å²) < 4.78 is 27.8. The molecule has 0 fully saturated rings. The average molecular weight is 565 g/mol. The monoisotopic (exact) mass is 564 g/mol. The minimum absolute atomic E-state index is 0.230. The maximum Gasteiger partial charge on any atom is 0.435 e. The fourth-order valence-electron chi connectivity index (χ4n) is 4.48. The van der Waals surface area contributed by atoms with E-state index < -0.39 is 19.4 Å². The Bertz CT molecular complexity index is 559. The maximum absolute atomic E-state index is 11.6. The van der Waals surface area contributed by atoms with Crippen LogP contribution in [0.2, 0.25) is 0 Å². The average Bonchev–Trinajstić information content (AvgIpc) is 2.89. The summed E-state index contributed by atoms with van der Waals surface area (Å²) in [6, 6.07) is 0. The van der Waals surface area contributed by atoms with Gasteiger partial charge in [0.05, 0.1) is 13.2 Å². The second kappa shape index (κ2) is 28.1. The van der Waals surface area contributed by atoms with Crippen LogP contribution < -0.4 is 0 Å². The molecule has 0 saturated carbocycles. The third kappa shape index (κ3) is 25.8. The smallest absolute Gasteiger partial charge is 0.435 e. The lowest BCUT2D eigenvalue weighted by Gasteiger charge is -2.19. The Morgan fingerprint density at radius 1 is 0.605 bits per heavy atom. The maximum atomic E-state index is 11.6. The molecule has 0 bridgehead atoms. The number of hydrogen-bond donors (Lipinski definition) is 2. The summed E-state index contributed by atoms with van der Waals surface area (Å²) >= 11 is 0. The molecule has 0 aromatic heterocycles. The number of carbonyl (C=O) groups is 1. The van der Waals surface area contributed by atoms with Gasteiger partial charge in [0.1, 0.15) is 6.10 Å². The van der Waals surface area contributed by atoms with Crippen LogP contribution in [0.3, 0.4) is 0 Å². The van der Waals surface area contributed by atoms with Crippen LogP contribution >= 0.6 is 7.60 Å². The third-order valence-corrected chi connectivity index (χ3v) is 7.96. The minimum atomic E-state index is -4.67. The molecule has 0 aliphatic heterocycles. The van der Waals surface area contributed by atoms with Crippen molar-refractivity contribution in [3.63, 3.8) is 0 Å². The van der Waals surface area contributed by atoms with Gasteiger partial charge in [-0.1, -0.05) is 142 Å². The molecule has 0 amide bonds. The summed E-state index contributed by atoms with van der Waals surface area (Å²) in [6.45, 7) is 5.52. The van der Waals surface area contributed by atoms with Crippen LogP contribution in [-0.2, 0) is 18.6 Å². The molecule has 0 radical (unpaired) electrons. The van der Waals surface area contributed by atoms with Crippen molar-refractivity contribution in [3.05, 3.63) is 0 Å². The van der Waals surface area contributed by atoms with Crippen LogP contribution in [0.4, 0.5) is 4.79 Å². The predicted octanol–water partition coefficient (Wildman–Crippen LogP) is 9.89. The molecule has 0 aliphatic carbocycles. The van der Waals surface area contributed by atoms with Crippen molar-refractivity contribution in [2.45, 2.75) is 161 Å². The highest BCUT2D eigenvalue weighted by atomic mass is 31.2. The number of unbranched alkanes of at least 4 members (excludes halogenated alkanes) is 20. The van der Waals surface area contributed by atoms with Gasteiger partial charge in [0.2, 0.25) is 0 Å². The lowest BCUT2D eigenvalue weighted by atomic mass is 10.0. The molecule has 38 heavy (non-hydrogen) atoms. The van der Waals surface area contributed by atoms with E-state index in [9.17, 15) is 14.3 Å². The van der Waals surface area contributed by atoms with Crippen molar-refractivity contribution in [2.24, 2.45) is 0 Å². The normalized spacial score (nSPS) is 14.0. The number of hydrogen-bond acceptors (Lipinski definition) is 5. The zero-order valence-corrected chi connectivity index (χ0v) is 25.7. The molecule has 0 aliphatic rings. The van der Waals surface area contributed by atoms with Crippen molar-refractivity contribution in [2.75, 3.05) is 26.4 Å². The summed E-state index contributed by atoms with van der Waals surface area (Å²) in [5, 5.41) is 8.80. The van der Waals surface area contributed by atoms with Crippen LogP contribution in [0.25, 0.3) is 0 Å². The highest BCUT2D eigenvalue weighted by Gasteiger charge is 2.31. The molecule has 0 heterocycles. The summed E-state index contributed by atoms with van der Waals surface area (Å²) in [6.07, 6.45) is 27.4. The molecule has 8 heteroatoms. The largest absolute Gasteiger partial charge is 0.472 e. The molecule has 228 valence electrons. The van der Waals surface area contributed by atoms with E-state index in [2.05, 4.69) is 13.8 Å². The Hall–Kier alpha value is -0.460. The van der Waals surface area contributed by atoms with E-state index in [0.717, 1.165) is 25.7 Å². The summed E-state index contributed by atoms with van der Waals surface area (Å²) in [7, 11) is -4.67. The van der Waals surface area contributed by atoms with Crippen molar-refractivity contribution in [3.8, 4) is 0 Å². The van der Waals surface area contributed by atoms with Gasteiger partial charge in [-0.25, -0.2) is 9.36 Å². The summed E-state index contributed by atoms with van der Waals surface area (Å²) in [5.41, 5.74) is -1.85. The van der Waals surface area contributed by atoms with E-state index in [0.29, 0.717) is 13.2 Å². The molecule has 0 aromatic carbocycles. The lowest BCUT2D eigenvalue weighted by molar-refractivity contribution is -0.0401. The van der Waals surface area contributed by atoms with Gasteiger partial charge in [-0.05, 0) is 12.8 Å². The van der Waals surface area contributed by atoms with E-state index in [1.165, 1.54) is 116 Å². The summed E-state index contributed by atoms with van der Waals surface area (Å²) in [4.78, 5) is 20.2. The Morgan fingerprint density at radius 3 is 1.37 bits per heavy atom. The van der Waals surface area contributed by atoms with E-state index in [1.807, 2.05) is 0 Å². The second-order valence-electron chi connectivity index (χ2n) is 10.7. The first kappa shape index (κ1) is 37.5. The van der Waals surface area contributed by atoms with E-state index in [1.54, 1.807) is 0 Å². The number of rotatable bonds is 31. The molecule has 2 atom stereocenters. The van der Waals surface area contributed by atoms with Crippen LogP contribution in [0.1, 0.15) is 155 Å². The highest BCUT2D eigenvalue weighted by molar-refractivity contribution is 7.70. The Balaban J connectivity index is 3.76. The molecule has 0 aromatic rings. The van der Waals surface area contributed by atoms with Gasteiger partial charge in [-0.2, -0.15) is 0 Å². The zero-order chi connectivity index (χ0) is 28.2. The fourth-order valence-corrected chi connectivity index (χ4v) is 4.96. The Morgan fingerprint density at radius 2 is 0.974 bits per heavy atom. The van der Waals surface area contributed by atoms with Gasteiger partial charge < -0.3 is 19.5 Å². The highest BCUT2D eigenvalue weighted by Crippen LogP contribution is 2.42. The van der Waals surface area contributed by atoms with Gasteiger partial charge in [-0.15, -0.1) is 0 Å². The Labute approximate surface area is 234 Å². The SMILES string of the molecule is CCCCCCCCCCCCCCCCCCOC[C@@H](COP(=O)(O)C(=O)O)OCCCCCCCC. The van der Waals surface area contributed by atoms with Crippen molar-refractivity contribution < 1.29 is 33.4 Å².